The van der Waals surface area contributed by atoms with Crippen molar-refractivity contribution in [3.05, 3.63) is 76.7 Å². The lowest BCUT2D eigenvalue weighted by Crippen LogP contribution is -2.41. The molecule has 0 saturated carbocycles. The number of aromatic nitrogens is 1. The lowest BCUT2D eigenvalue weighted by molar-refractivity contribution is -0.120. The lowest BCUT2D eigenvalue weighted by Gasteiger charge is -2.30. The second-order valence-corrected chi connectivity index (χ2v) is 10.8. The van der Waals surface area contributed by atoms with Crippen molar-refractivity contribution < 1.29 is 17.7 Å². The molecule has 2 aromatic carbocycles. The number of rotatable bonds is 7. The number of sulfonamides is 1. The van der Waals surface area contributed by atoms with Crippen molar-refractivity contribution in [1.82, 2.24) is 9.46 Å². The zero-order valence-electron chi connectivity index (χ0n) is 20.3. The van der Waals surface area contributed by atoms with E-state index in [0.29, 0.717) is 18.5 Å². The molecular formula is C27H31N3O4S. The van der Waals surface area contributed by atoms with Crippen LogP contribution in [0.1, 0.15) is 47.9 Å². The van der Waals surface area contributed by atoms with Gasteiger partial charge in [-0.3, -0.25) is 4.79 Å². The highest BCUT2D eigenvalue weighted by atomic mass is 32.2. The van der Waals surface area contributed by atoms with Crippen molar-refractivity contribution in [3.8, 4) is 0 Å². The number of carbonyl (C=O) groups is 1. The van der Waals surface area contributed by atoms with Gasteiger partial charge in [0.25, 0.3) is 0 Å². The monoisotopic (exact) mass is 493 g/mol. The number of para-hydroxylation sites is 1. The third-order valence-electron chi connectivity index (χ3n) is 6.42. The Morgan fingerprint density at radius 1 is 1.09 bits per heavy atom. The number of carbonyl (C=O) groups excluding carboxylic acids is 1. The van der Waals surface area contributed by atoms with E-state index in [0.717, 1.165) is 28.8 Å². The van der Waals surface area contributed by atoms with Crippen LogP contribution in [-0.2, 0) is 21.2 Å². The van der Waals surface area contributed by atoms with E-state index in [-0.39, 0.29) is 35.6 Å². The van der Waals surface area contributed by atoms with Crippen LogP contribution in [0, 0.1) is 19.8 Å². The quantitative estimate of drug-likeness (QED) is 0.496. The van der Waals surface area contributed by atoms with Crippen molar-refractivity contribution in [2.24, 2.45) is 5.92 Å². The van der Waals surface area contributed by atoms with E-state index in [9.17, 15) is 13.2 Å². The van der Waals surface area contributed by atoms with Crippen LogP contribution in [0.4, 0.5) is 5.69 Å². The highest BCUT2D eigenvalue weighted by molar-refractivity contribution is 7.89. The average molecular weight is 494 g/mol. The van der Waals surface area contributed by atoms with Gasteiger partial charge in [-0.2, -0.15) is 4.31 Å². The van der Waals surface area contributed by atoms with E-state index in [1.807, 2.05) is 68.5 Å². The van der Waals surface area contributed by atoms with Crippen LogP contribution >= 0.6 is 0 Å². The van der Waals surface area contributed by atoms with E-state index in [2.05, 4.69) is 10.5 Å². The molecule has 1 saturated heterocycles. The fraction of sp³-hybridized carbons (Fsp3) is 0.333. The number of benzene rings is 2. The molecule has 4 rings (SSSR count). The van der Waals surface area contributed by atoms with Crippen molar-refractivity contribution >= 4 is 33.8 Å². The maximum Gasteiger partial charge on any atom is 0.248 e. The molecule has 1 aliphatic heterocycles. The number of piperidine rings is 1. The van der Waals surface area contributed by atoms with Crippen LogP contribution in [-0.4, -0.2) is 36.9 Å². The van der Waals surface area contributed by atoms with E-state index in [1.54, 1.807) is 13.0 Å². The molecule has 184 valence electrons. The van der Waals surface area contributed by atoms with Gasteiger partial charge in [0, 0.05) is 24.7 Å². The zero-order chi connectivity index (χ0) is 25.0. The third kappa shape index (κ3) is 5.55. The van der Waals surface area contributed by atoms with Crippen molar-refractivity contribution in [2.45, 2.75) is 44.9 Å². The first kappa shape index (κ1) is 24.9. The molecule has 35 heavy (non-hydrogen) atoms. The van der Waals surface area contributed by atoms with Gasteiger partial charge in [-0.05, 0) is 56.4 Å². The van der Waals surface area contributed by atoms with Gasteiger partial charge in [0.2, 0.25) is 15.9 Å². The van der Waals surface area contributed by atoms with E-state index < -0.39 is 10.0 Å². The largest absolute Gasteiger partial charge is 0.355 e. The van der Waals surface area contributed by atoms with E-state index >= 15 is 0 Å². The first-order valence-corrected chi connectivity index (χ1v) is 13.3. The molecule has 0 unspecified atom stereocenters. The molecular weight excluding hydrogens is 462 g/mol. The molecule has 8 heteroatoms. The number of aryl methyl sites for hydroxylation is 3. The molecule has 1 aromatic heterocycles. The number of nitrogens with one attached hydrogen (secondary N) is 1. The van der Waals surface area contributed by atoms with Gasteiger partial charge in [-0.15, -0.1) is 0 Å². The van der Waals surface area contributed by atoms with E-state index in [1.165, 1.54) is 4.31 Å². The zero-order valence-corrected chi connectivity index (χ0v) is 21.1. The summed E-state index contributed by atoms with van der Waals surface area (Å²) in [5.74, 6) is -0.0965. The van der Waals surface area contributed by atoms with Crippen LogP contribution in [0.5, 0.6) is 0 Å². The Morgan fingerprint density at radius 2 is 1.77 bits per heavy atom. The summed E-state index contributed by atoms with van der Waals surface area (Å²) in [7, 11) is -3.82. The predicted molar refractivity (Wildman–Crippen MR) is 137 cm³/mol. The van der Waals surface area contributed by atoms with Gasteiger partial charge in [-0.25, -0.2) is 8.42 Å². The van der Waals surface area contributed by atoms with Crippen LogP contribution in [0.15, 0.2) is 57.9 Å². The first-order chi connectivity index (χ1) is 16.8. The van der Waals surface area contributed by atoms with Crippen molar-refractivity contribution in [1.29, 1.82) is 0 Å². The number of hydrogen-bond donors (Lipinski definition) is 1. The second-order valence-electron chi connectivity index (χ2n) is 8.88. The van der Waals surface area contributed by atoms with Gasteiger partial charge in [0.15, 0.2) is 10.7 Å². The molecule has 0 bridgehead atoms. The smallest absolute Gasteiger partial charge is 0.248 e. The molecule has 1 aliphatic rings. The summed E-state index contributed by atoms with van der Waals surface area (Å²) >= 11 is 0. The Balaban J connectivity index is 1.45. The normalized spacial score (nSPS) is 15.5. The third-order valence-corrected chi connectivity index (χ3v) is 8.47. The summed E-state index contributed by atoms with van der Waals surface area (Å²) in [6.07, 6.45) is 5.19. The standard InChI is InChI=1S/C27H31N3O4S/c1-4-22-7-5-6-8-24(22)28-27(31)23-15-17-30(18-16-23)35(32,33)26-20(3)29-34-25(26)14-13-21-11-9-19(2)10-12-21/h5-14,23H,4,15-18H2,1-3H3,(H,28,31)/b14-13+. The van der Waals surface area contributed by atoms with Crippen LogP contribution < -0.4 is 5.32 Å². The summed E-state index contributed by atoms with van der Waals surface area (Å²) in [5.41, 5.74) is 4.30. The lowest BCUT2D eigenvalue weighted by atomic mass is 9.97. The SMILES string of the molecule is CCc1ccccc1NC(=O)C1CCN(S(=O)(=O)c2c(C)noc2/C=C/c2ccc(C)cc2)CC1. The molecule has 0 atom stereocenters. The van der Waals surface area contributed by atoms with Gasteiger partial charge in [0.1, 0.15) is 5.69 Å². The summed E-state index contributed by atoms with van der Waals surface area (Å²) in [4.78, 5) is 12.9. The Hall–Kier alpha value is -3.23. The Morgan fingerprint density at radius 3 is 2.46 bits per heavy atom. The summed E-state index contributed by atoms with van der Waals surface area (Å²) in [5, 5.41) is 6.94. The number of amides is 1. The van der Waals surface area contributed by atoms with E-state index in [4.69, 9.17) is 4.52 Å². The topological polar surface area (TPSA) is 92.5 Å². The minimum Gasteiger partial charge on any atom is -0.355 e. The number of nitrogens with zero attached hydrogens (tertiary/aromatic N) is 2. The molecule has 3 aromatic rings. The van der Waals surface area contributed by atoms with Crippen LogP contribution in [0.2, 0.25) is 0 Å². The molecule has 0 radical (unpaired) electrons. The maximum atomic E-state index is 13.5. The Kier molecular flexibility index (Phi) is 7.52. The molecule has 0 spiro atoms. The maximum absolute atomic E-state index is 13.5. The average Bonchev–Trinajstić information content (AvgIpc) is 3.25. The highest BCUT2D eigenvalue weighted by Gasteiger charge is 2.36. The number of anilines is 1. The summed E-state index contributed by atoms with van der Waals surface area (Å²) in [6.45, 7) is 6.22. The first-order valence-electron chi connectivity index (χ1n) is 11.9. The summed E-state index contributed by atoms with van der Waals surface area (Å²) in [6, 6.07) is 15.6. The van der Waals surface area contributed by atoms with Gasteiger partial charge in [-0.1, -0.05) is 66.2 Å². The summed E-state index contributed by atoms with van der Waals surface area (Å²) < 4.78 is 33.8. The van der Waals surface area contributed by atoms with Crippen LogP contribution in [0.3, 0.4) is 0 Å². The van der Waals surface area contributed by atoms with Gasteiger partial charge >= 0.3 is 0 Å². The minimum atomic E-state index is -3.82. The Bertz CT molecular complexity index is 1320. The van der Waals surface area contributed by atoms with Gasteiger partial charge in [0.05, 0.1) is 0 Å². The van der Waals surface area contributed by atoms with Crippen molar-refractivity contribution in [3.63, 3.8) is 0 Å². The molecule has 2 heterocycles. The molecule has 1 amide bonds. The molecule has 1 fully saturated rings. The van der Waals surface area contributed by atoms with Gasteiger partial charge < -0.3 is 9.84 Å². The predicted octanol–water partition coefficient (Wildman–Crippen LogP) is 5.06. The fourth-order valence-electron chi connectivity index (χ4n) is 4.32. The fourth-order valence-corrected chi connectivity index (χ4v) is 6.04. The molecule has 7 nitrogen and oxygen atoms in total. The highest BCUT2D eigenvalue weighted by Crippen LogP contribution is 2.30. The molecule has 1 N–H and O–H groups in total. The second kappa shape index (κ2) is 10.6. The minimum absolute atomic E-state index is 0.0640. The number of hydrogen-bond acceptors (Lipinski definition) is 5. The molecule has 0 aliphatic carbocycles. The van der Waals surface area contributed by atoms with Crippen molar-refractivity contribution in [2.75, 3.05) is 18.4 Å². The Labute approximate surface area is 206 Å². The van der Waals surface area contributed by atoms with Crippen LogP contribution in [0.25, 0.3) is 12.2 Å².